The van der Waals surface area contributed by atoms with Gasteiger partial charge in [0.25, 0.3) is 0 Å². The van der Waals surface area contributed by atoms with Crippen molar-refractivity contribution >= 4 is 28.8 Å². The molecule has 2 atom stereocenters. The summed E-state index contributed by atoms with van der Waals surface area (Å²) in [7, 11) is 0. The lowest BCUT2D eigenvalue weighted by atomic mass is 9.83. The number of anilines is 1. The van der Waals surface area contributed by atoms with Gasteiger partial charge in [-0.25, -0.2) is 23.7 Å². The molecule has 2 aromatic carbocycles. The molecule has 0 radical (unpaired) electrons. The fraction of sp³-hybridized carbons (Fsp3) is 0.130. The van der Waals surface area contributed by atoms with Gasteiger partial charge in [0.1, 0.15) is 41.3 Å². The highest BCUT2D eigenvalue weighted by atomic mass is 19.1. The minimum Gasteiger partial charge on any atom is -0.459 e. The van der Waals surface area contributed by atoms with Crippen molar-refractivity contribution in [3.05, 3.63) is 83.6 Å². The number of rotatable bonds is 4. The number of nitrogens with two attached hydrogens (primary N) is 1. The van der Waals surface area contributed by atoms with Crippen LogP contribution in [0.2, 0.25) is 0 Å². The number of halogens is 2. The van der Waals surface area contributed by atoms with E-state index in [0.717, 1.165) is 0 Å². The maximum absolute atomic E-state index is 14.9. The van der Waals surface area contributed by atoms with Gasteiger partial charge in [-0.05, 0) is 31.2 Å². The molecule has 160 valence electrons. The molecule has 3 heterocycles. The Balaban J connectivity index is 1.77. The van der Waals surface area contributed by atoms with E-state index in [1.54, 1.807) is 22.8 Å². The van der Waals surface area contributed by atoms with Crippen LogP contribution >= 0.6 is 0 Å². The zero-order valence-corrected chi connectivity index (χ0v) is 16.9. The van der Waals surface area contributed by atoms with E-state index in [9.17, 15) is 13.6 Å². The third-order valence-electron chi connectivity index (χ3n) is 5.59. The van der Waals surface area contributed by atoms with Crippen molar-refractivity contribution in [2.24, 2.45) is 0 Å². The lowest BCUT2D eigenvalue weighted by molar-refractivity contribution is -0.108. The Morgan fingerprint density at radius 1 is 1.16 bits per heavy atom. The number of imidazole rings is 1. The second kappa shape index (κ2) is 7.52. The number of nitrogen functional groups attached to an aromatic ring is 1. The Morgan fingerprint density at radius 2 is 1.97 bits per heavy atom. The molecule has 0 saturated heterocycles. The summed E-state index contributed by atoms with van der Waals surface area (Å²) in [4.78, 5) is 24.7. The molecule has 0 bridgehead atoms. The maximum atomic E-state index is 14.9. The molecule has 2 aromatic heterocycles. The summed E-state index contributed by atoms with van der Waals surface area (Å²) in [6.07, 6.45) is 3.52. The SMILES string of the molecule is CC(C1=C(c2ccccc2F)C(C=O)c2cc(F)ccc2O1)n1cnc2c(N)ncnc21. The average molecular weight is 433 g/mol. The maximum Gasteiger partial charge on any atom is 0.166 e. The first-order valence-electron chi connectivity index (χ1n) is 9.84. The number of hydrogen-bond acceptors (Lipinski definition) is 6. The monoisotopic (exact) mass is 433 g/mol. The number of carbonyl (C=O) groups excluding carboxylic acids is 1. The Morgan fingerprint density at radius 3 is 2.75 bits per heavy atom. The fourth-order valence-electron chi connectivity index (χ4n) is 4.05. The number of hydrogen-bond donors (Lipinski definition) is 1. The minimum atomic E-state index is -0.932. The summed E-state index contributed by atoms with van der Waals surface area (Å²) in [6.45, 7) is 1.81. The highest BCUT2D eigenvalue weighted by Crippen LogP contribution is 2.46. The first-order chi connectivity index (χ1) is 15.5. The van der Waals surface area contributed by atoms with Crippen LogP contribution in [0, 0.1) is 11.6 Å². The summed E-state index contributed by atoms with van der Waals surface area (Å²) in [6, 6.07) is 9.47. The third kappa shape index (κ3) is 3.01. The Labute approximate surface area is 181 Å². The average Bonchev–Trinajstić information content (AvgIpc) is 3.23. The molecule has 2 unspecified atom stereocenters. The zero-order valence-electron chi connectivity index (χ0n) is 16.9. The highest BCUT2D eigenvalue weighted by Gasteiger charge is 2.35. The second-order valence-electron chi connectivity index (χ2n) is 7.41. The number of aldehydes is 1. The molecule has 0 aliphatic carbocycles. The number of allylic oxidation sites excluding steroid dienone is 2. The number of fused-ring (bicyclic) bond motifs is 2. The fourth-order valence-corrected chi connectivity index (χ4v) is 4.05. The molecular formula is C23H17F2N5O2. The van der Waals surface area contributed by atoms with E-state index in [2.05, 4.69) is 15.0 Å². The number of aromatic nitrogens is 4. The molecule has 5 rings (SSSR count). The summed E-state index contributed by atoms with van der Waals surface area (Å²) in [5.74, 6) is -1.11. The standard InChI is InChI=1S/C23H17F2N5O2/c1-12(30-11-29-20-22(26)27-10-28-23(20)30)21-19(14-4-2-3-5-17(14)25)16(9-31)15-8-13(24)6-7-18(15)32-21/h2-12,16H,1H3,(H2,26,27,28). The Hall–Kier alpha value is -4.14. The lowest BCUT2D eigenvalue weighted by Gasteiger charge is -2.31. The van der Waals surface area contributed by atoms with Crippen molar-refractivity contribution in [1.29, 1.82) is 0 Å². The van der Waals surface area contributed by atoms with Crippen LogP contribution in [0.3, 0.4) is 0 Å². The molecular weight excluding hydrogens is 416 g/mol. The first-order valence-corrected chi connectivity index (χ1v) is 9.84. The van der Waals surface area contributed by atoms with Gasteiger partial charge >= 0.3 is 0 Å². The van der Waals surface area contributed by atoms with Gasteiger partial charge in [-0.1, -0.05) is 18.2 Å². The van der Waals surface area contributed by atoms with Crippen molar-refractivity contribution < 1.29 is 18.3 Å². The van der Waals surface area contributed by atoms with Crippen LogP contribution in [0.15, 0.2) is 60.9 Å². The van der Waals surface area contributed by atoms with Gasteiger partial charge in [-0.15, -0.1) is 0 Å². The minimum absolute atomic E-state index is 0.194. The third-order valence-corrected chi connectivity index (χ3v) is 5.59. The van der Waals surface area contributed by atoms with Crippen LogP contribution in [0.25, 0.3) is 16.7 Å². The van der Waals surface area contributed by atoms with Crippen LogP contribution < -0.4 is 10.5 Å². The number of carbonyl (C=O) groups is 1. The molecule has 32 heavy (non-hydrogen) atoms. The van der Waals surface area contributed by atoms with Crippen molar-refractivity contribution in [2.75, 3.05) is 5.73 Å². The molecule has 7 nitrogen and oxygen atoms in total. The molecule has 1 aliphatic rings. The molecule has 4 aromatic rings. The van der Waals surface area contributed by atoms with E-state index >= 15 is 0 Å². The highest BCUT2D eigenvalue weighted by molar-refractivity contribution is 5.90. The summed E-state index contributed by atoms with van der Waals surface area (Å²) < 4.78 is 36.8. The van der Waals surface area contributed by atoms with Crippen LogP contribution in [-0.4, -0.2) is 25.8 Å². The van der Waals surface area contributed by atoms with E-state index in [1.165, 1.54) is 36.9 Å². The first kappa shape index (κ1) is 19.8. The molecule has 0 fully saturated rings. The number of benzene rings is 2. The van der Waals surface area contributed by atoms with Crippen molar-refractivity contribution in [2.45, 2.75) is 18.9 Å². The normalized spacial score (nSPS) is 16.5. The van der Waals surface area contributed by atoms with E-state index in [0.29, 0.717) is 40.1 Å². The predicted octanol–water partition coefficient (Wildman–Crippen LogP) is 4.03. The Bertz CT molecular complexity index is 1400. The molecule has 2 N–H and O–H groups in total. The summed E-state index contributed by atoms with van der Waals surface area (Å²) in [5, 5.41) is 0. The number of ether oxygens (including phenoxy) is 1. The van der Waals surface area contributed by atoms with Crippen molar-refractivity contribution in [3.8, 4) is 5.75 Å². The van der Waals surface area contributed by atoms with Crippen LogP contribution in [0.5, 0.6) is 5.75 Å². The molecule has 9 heteroatoms. The van der Waals surface area contributed by atoms with Crippen LogP contribution in [0.4, 0.5) is 14.6 Å². The quantitative estimate of drug-likeness (QED) is 0.488. The number of nitrogens with zero attached hydrogens (tertiary/aromatic N) is 4. The summed E-state index contributed by atoms with van der Waals surface area (Å²) >= 11 is 0. The zero-order chi connectivity index (χ0) is 22.4. The molecule has 0 saturated carbocycles. The van der Waals surface area contributed by atoms with E-state index in [-0.39, 0.29) is 11.4 Å². The van der Waals surface area contributed by atoms with Gasteiger partial charge in [0.2, 0.25) is 0 Å². The van der Waals surface area contributed by atoms with Gasteiger partial charge in [0.05, 0.1) is 18.3 Å². The van der Waals surface area contributed by atoms with Crippen LogP contribution in [-0.2, 0) is 4.79 Å². The molecule has 0 spiro atoms. The van der Waals surface area contributed by atoms with Crippen molar-refractivity contribution in [3.63, 3.8) is 0 Å². The van der Waals surface area contributed by atoms with Crippen LogP contribution in [0.1, 0.15) is 30.0 Å². The van der Waals surface area contributed by atoms with Gasteiger partial charge in [-0.3, -0.25) is 0 Å². The molecule has 0 amide bonds. The molecule has 1 aliphatic heterocycles. The van der Waals surface area contributed by atoms with Crippen molar-refractivity contribution in [1.82, 2.24) is 19.5 Å². The predicted molar refractivity (Wildman–Crippen MR) is 114 cm³/mol. The largest absolute Gasteiger partial charge is 0.459 e. The van der Waals surface area contributed by atoms with Gasteiger partial charge in [0.15, 0.2) is 11.5 Å². The summed E-state index contributed by atoms with van der Waals surface area (Å²) in [5.41, 5.74) is 7.62. The van der Waals surface area contributed by atoms with Gasteiger partial charge < -0.3 is 19.8 Å². The topological polar surface area (TPSA) is 95.9 Å². The lowest BCUT2D eigenvalue weighted by Crippen LogP contribution is -2.22. The van der Waals surface area contributed by atoms with E-state index < -0.39 is 23.6 Å². The Kier molecular flexibility index (Phi) is 4.66. The van der Waals surface area contributed by atoms with Gasteiger partial charge in [0, 0.05) is 16.7 Å². The van der Waals surface area contributed by atoms with Gasteiger partial charge in [-0.2, -0.15) is 0 Å². The van der Waals surface area contributed by atoms with E-state index in [1.807, 2.05) is 6.92 Å². The smallest absolute Gasteiger partial charge is 0.166 e. The van der Waals surface area contributed by atoms with E-state index in [4.69, 9.17) is 10.5 Å². The second-order valence-corrected chi connectivity index (χ2v) is 7.41.